The Bertz CT molecular complexity index is 1280. The summed E-state index contributed by atoms with van der Waals surface area (Å²) in [5, 5.41) is 17.5. The third kappa shape index (κ3) is 5.71. The summed E-state index contributed by atoms with van der Waals surface area (Å²) in [6, 6.07) is 8.00. The van der Waals surface area contributed by atoms with Crippen LogP contribution < -0.4 is 21.5 Å². The molecule has 2 heterocycles. The van der Waals surface area contributed by atoms with Crippen LogP contribution in [0.4, 0.5) is 10.5 Å². The van der Waals surface area contributed by atoms with Crippen LogP contribution in [-0.4, -0.2) is 58.5 Å². The lowest BCUT2D eigenvalue weighted by atomic mass is 10.1. The first kappa shape index (κ1) is 24.9. The second-order valence-electron chi connectivity index (χ2n) is 9.13. The fourth-order valence-electron chi connectivity index (χ4n) is 4.24. The summed E-state index contributed by atoms with van der Waals surface area (Å²) in [5.74, 6) is 0.0352. The minimum absolute atomic E-state index is 0.00133. The highest BCUT2D eigenvalue weighted by Crippen LogP contribution is 2.33. The number of carbonyl (C=O) groups is 3. The van der Waals surface area contributed by atoms with E-state index in [2.05, 4.69) is 27.0 Å². The number of likely N-dealkylation sites (tertiary alicyclic amines) is 1. The largest absolute Gasteiger partial charge is 0.341 e. The van der Waals surface area contributed by atoms with Crippen molar-refractivity contribution in [3.63, 3.8) is 0 Å². The third-order valence-electron chi connectivity index (χ3n) is 6.53. The van der Waals surface area contributed by atoms with Gasteiger partial charge in [-0.1, -0.05) is 0 Å². The number of urea groups is 1. The van der Waals surface area contributed by atoms with Gasteiger partial charge >= 0.3 is 6.03 Å². The van der Waals surface area contributed by atoms with Crippen LogP contribution in [0.1, 0.15) is 37.1 Å². The highest BCUT2D eigenvalue weighted by molar-refractivity contribution is 5.97. The maximum atomic E-state index is 13.0. The van der Waals surface area contributed by atoms with E-state index in [0.717, 1.165) is 12.8 Å². The van der Waals surface area contributed by atoms with Crippen LogP contribution in [-0.2, 0) is 16.1 Å². The summed E-state index contributed by atoms with van der Waals surface area (Å²) in [6.07, 6.45) is 2.95. The van der Waals surface area contributed by atoms with Crippen LogP contribution in [0.2, 0.25) is 0 Å². The number of nitrogens with zero attached hydrogens (tertiary/aromatic N) is 4. The molecule has 188 valence electrons. The van der Waals surface area contributed by atoms with Crippen molar-refractivity contribution >= 4 is 23.5 Å². The van der Waals surface area contributed by atoms with Gasteiger partial charge < -0.3 is 20.9 Å². The number of hydrogen-bond acceptors (Lipinski definition) is 6. The molecule has 11 nitrogen and oxygen atoms in total. The molecule has 1 aliphatic carbocycles. The number of amides is 4. The second kappa shape index (κ2) is 10.6. The smallest absolute Gasteiger partial charge is 0.314 e. The lowest BCUT2D eigenvalue weighted by Crippen LogP contribution is -2.49. The molecule has 2 fully saturated rings. The Morgan fingerprint density at radius 1 is 1.14 bits per heavy atom. The summed E-state index contributed by atoms with van der Waals surface area (Å²) in [7, 11) is 1.56. The molecule has 36 heavy (non-hydrogen) atoms. The molecule has 0 radical (unpaired) electrons. The summed E-state index contributed by atoms with van der Waals surface area (Å²) < 4.78 is 1.33. The van der Waals surface area contributed by atoms with Crippen LogP contribution in [0.5, 0.6) is 0 Å². The predicted molar refractivity (Wildman–Crippen MR) is 132 cm³/mol. The zero-order chi connectivity index (χ0) is 25.8. The lowest BCUT2D eigenvalue weighted by molar-refractivity contribution is -0.133. The highest BCUT2D eigenvalue weighted by atomic mass is 16.2. The molecule has 1 saturated carbocycles. The van der Waals surface area contributed by atoms with E-state index in [-0.39, 0.29) is 41.9 Å². The number of aromatic nitrogens is 2. The van der Waals surface area contributed by atoms with Gasteiger partial charge in [-0.25, -0.2) is 9.78 Å². The van der Waals surface area contributed by atoms with Crippen LogP contribution in [0.15, 0.2) is 29.1 Å². The predicted octanol–water partition coefficient (Wildman–Crippen LogP) is 1.36. The normalized spacial score (nSPS) is 15.6. The Hall–Kier alpha value is -4.20. The minimum atomic E-state index is -0.383. The van der Waals surface area contributed by atoms with E-state index in [1.165, 1.54) is 10.6 Å². The van der Waals surface area contributed by atoms with E-state index in [1.807, 2.05) is 0 Å². The van der Waals surface area contributed by atoms with Crippen LogP contribution in [0.25, 0.3) is 11.3 Å². The van der Waals surface area contributed by atoms with Crippen molar-refractivity contribution in [1.82, 2.24) is 25.1 Å². The van der Waals surface area contributed by atoms with Gasteiger partial charge in [-0.05, 0) is 50.8 Å². The van der Waals surface area contributed by atoms with Gasteiger partial charge in [-0.2, -0.15) is 5.26 Å². The van der Waals surface area contributed by atoms with Gasteiger partial charge in [-0.15, -0.1) is 0 Å². The van der Waals surface area contributed by atoms with Gasteiger partial charge in [0.1, 0.15) is 12.4 Å². The molecule has 0 unspecified atom stereocenters. The molecule has 0 bridgehead atoms. The molecule has 0 spiro atoms. The average Bonchev–Trinajstić information content (AvgIpc) is 3.72. The van der Waals surface area contributed by atoms with Gasteiger partial charge in [0, 0.05) is 43.7 Å². The second-order valence-corrected chi connectivity index (χ2v) is 9.13. The number of anilines is 1. The monoisotopic (exact) mass is 491 g/mol. The fraction of sp³-hybridized carbons (Fsp3) is 0.440. The third-order valence-corrected chi connectivity index (χ3v) is 6.53. The molecule has 4 amide bonds. The van der Waals surface area contributed by atoms with Crippen LogP contribution in [0.3, 0.4) is 0 Å². The van der Waals surface area contributed by atoms with E-state index < -0.39 is 0 Å². The van der Waals surface area contributed by atoms with E-state index in [0.29, 0.717) is 54.3 Å². The van der Waals surface area contributed by atoms with Crippen LogP contribution >= 0.6 is 0 Å². The number of carbonyl (C=O) groups excluding carboxylic acids is 3. The molecular weight excluding hydrogens is 462 g/mol. The molecular formula is C25H29N7O4. The summed E-state index contributed by atoms with van der Waals surface area (Å²) in [6.45, 7) is 2.50. The van der Waals surface area contributed by atoms with E-state index in [4.69, 9.17) is 0 Å². The highest BCUT2D eigenvalue weighted by Gasteiger charge is 2.30. The first-order valence-electron chi connectivity index (χ1n) is 12.0. The van der Waals surface area contributed by atoms with Crippen LogP contribution in [0, 0.1) is 24.2 Å². The van der Waals surface area contributed by atoms with Crippen molar-refractivity contribution in [2.45, 2.75) is 45.2 Å². The maximum Gasteiger partial charge on any atom is 0.314 e. The summed E-state index contributed by atoms with van der Waals surface area (Å²) in [5.41, 5.74) is 1.32. The van der Waals surface area contributed by atoms with Gasteiger partial charge in [0.05, 0.1) is 23.0 Å². The number of nitrogens with one attached hydrogen (secondary N) is 3. The fourth-order valence-corrected chi connectivity index (χ4v) is 4.24. The topological polar surface area (TPSA) is 149 Å². The van der Waals surface area contributed by atoms with Gasteiger partial charge in [0.25, 0.3) is 5.56 Å². The molecule has 1 saturated heterocycles. The van der Waals surface area contributed by atoms with Gasteiger partial charge in [0.2, 0.25) is 11.8 Å². The molecule has 1 aromatic heterocycles. The zero-order valence-corrected chi connectivity index (χ0v) is 20.3. The van der Waals surface area contributed by atoms with Gasteiger partial charge in [-0.3, -0.25) is 19.0 Å². The van der Waals surface area contributed by atoms with Crippen molar-refractivity contribution in [3.05, 3.63) is 46.0 Å². The molecule has 0 atom stereocenters. The number of aryl methyl sites for hydroxylation is 1. The van der Waals surface area contributed by atoms with Crippen molar-refractivity contribution < 1.29 is 14.4 Å². The number of rotatable bonds is 6. The zero-order valence-electron chi connectivity index (χ0n) is 20.3. The molecule has 2 aromatic rings. The first-order valence-corrected chi connectivity index (χ1v) is 12.0. The molecule has 1 aliphatic heterocycles. The minimum Gasteiger partial charge on any atom is -0.341 e. The first-order chi connectivity index (χ1) is 17.3. The van der Waals surface area contributed by atoms with Gasteiger partial charge in [0.15, 0.2) is 0 Å². The molecule has 1 aromatic carbocycles. The standard InChI is InChI=1S/C25H29N7O4/c1-15-28-21(19-6-3-16(13-26)11-20(19)30-24(35)17-4-5-17)12-22(33)32(15)14-23(34)31-9-7-18(8-10-31)29-25(36)27-2/h3,6,11-12,17-18H,4-5,7-10,14H2,1-2H3,(H,30,35)(H2,27,29,36). The average molecular weight is 492 g/mol. The number of benzene rings is 1. The van der Waals surface area contributed by atoms with Crippen molar-refractivity contribution in [1.29, 1.82) is 5.26 Å². The van der Waals surface area contributed by atoms with Crippen molar-refractivity contribution in [3.8, 4) is 17.3 Å². The molecule has 3 N–H and O–H groups in total. The number of piperidine rings is 1. The summed E-state index contributed by atoms with van der Waals surface area (Å²) in [4.78, 5) is 56.0. The number of hydrogen-bond donors (Lipinski definition) is 3. The van der Waals surface area contributed by atoms with E-state index in [1.54, 1.807) is 37.1 Å². The maximum absolute atomic E-state index is 13.0. The SMILES string of the molecule is CNC(=O)NC1CCN(C(=O)Cn2c(C)nc(-c3ccc(C#N)cc3NC(=O)C3CC3)cc2=O)CC1. The number of nitriles is 1. The van der Waals surface area contributed by atoms with E-state index in [9.17, 15) is 24.4 Å². The molecule has 4 rings (SSSR count). The summed E-state index contributed by atoms with van der Waals surface area (Å²) >= 11 is 0. The molecule has 11 heteroatoms. The Kier molecular flexibility index (Phi) is 7.33. The Morgan fingerprint density at radius 2 is 1.86 bits per heavy atom. The Morgan fingerprint density at radius 3 is 2.47 bits per heavy atom. The van der Waals surface area contributed by atoms with Crippen molar-refractivity contribution in [2.24, 2.45) is 5.92 Å². The quantitative estimate of drug-likeness (QED) is 0.555. The van der Waals surface area contributed by atoms with Crippen molar-refractivity contribution in [2.75, 3.05) is 25.5 Å². The Balaban J connectivity index is 1.49. The molecule has 2 aliphatic rings. The lowest BCUT2D eigenvalue weighted by Gasteiger charge is -2.32. The Labute approximate surface area is 208 Å². The van der Waals surface area contributed by atoms with E-state index >= 15 is 0 Å².